The van der Waals surface area contributed by atoms with Crippen LogP contribution in [0.25, 0.3) is 0 Å². The first-order valence-electron chi connectivity index (χ1n) is 8.96. The molecule has 0 spiro atoms. The molecular weight excluding hydrogens is 350 g/mol. The summed E-state index contributed by atoms with van der Waals surface area (Å²) in [6, 6.07) is 8.91. The van der Waals surface area contributed by atoms with Crippen LogP contribution in [0.15, 0.2) is 35.2 Å². The maximum atomic E-state index is 12.9. The summed E-state index contributed by atoms with van der Waals surface area (Å²) in [5.41, 5.74) is 1.96. The topological polar surface area (TPSA) is 72.4 Å². The summed E-state index contributed by atoms with van der Waals surface area (Å²) >= 11 is 0. The largest absolute Gasteiger partial charge is 0.473 e. The Labute approximate surface area is 155 Å². The third kappa shape index (κ3) is 4.22. The van der Waals surface area contributed by atoms with Crippen LogP contribution < -0.4 is 4.74 Å². The summed E-state index contributed by atoms with van der Waals surface area (Å²) < 4.78 is 33.4. The molecule has 0 radical (unpaired) electrons. The van der Waals surface area contributed by atoms with Gasteiger partial charge in [0.25, 0.3) is 0 Å². The minimum Gasteiger partial charge on any atom is -0.473 e. The van der Waals surface area contributed by atoms with Gasteiger partial charge in [0.15, 0.2) is 0 Å². The fraction of sp³-hybridized carbons (Fsp3) is 0.474. The van der Waals surface area contributed by atoms with Crippen molar-refractivity contribution in [1.29, 1.82) is 0 Å². The van der Waals surface area contributed by atoms with E-state index < -0.39 is 10.0 Å². The summed E-state index contributed by atoms with van der Waals surface area (Å²) in [7, 11) is -3.51. The van der Waals surface area contributed by atoms with Gasteiger partial charge in [-0.05, 0) is 50.8 Å². The number of hydrogen-bond acceptors (Lipinski definition) is 5. The van der Waals surface area contributed by atoms with Gasteiger partial charge in [-0.1, -0.05) is 19.1 Å². The average Bonchev–Trinajstić information content (AvgIpc) is 2.61. The lowest BCUT2D eigenvalue weighted by Gasteiger charge is -2.31. The molecule has 2 aromatic rings. The normalized spacial score (nSPS) is 18.7. The number of benzene rings is 1. The molecule has 1 aliphatic rings. The van der Waals surface area contributed by atoms with Crippen molar-refractivity contribution in [2.24, 2.45) is 0 Å². The number of sulfonamides is 1. The first-order valence-corrected chi connectivity index (χ1v) is 10.4. The Morgan fingerprint density at radius 1 is 1.19 bits per heavy atom. The maximum absolute atomic E-state index is 12.9. The number of hydrogen-bond donors (Lipinski definition) is 0. The van der Waals surface area contributed by atoms with Gasteiger partial charge < -0.3 is 4.74 Å². The van der Waals surface area contributed by atoms with Crippen LogP contribution in [0.3, 0.4) is 0 Å². The van der Waals surface area contributed by atoms with Gasteiger partial charge in [-0.25, -0.2) is 13.4 Å². The second-order valence-electron chi connectivity index (χ2n) is 6.64. The van der Waals surface area contributed by atoms with Crippen LogP contribution >= 0.6 is 0 Å². The van der Waals surface area contributed by atoms with Crippen LogP contribution in [0.4, 0.5) is 0 Å². The van der Waals surface area contributed by atoms with Crippen molar-refractivity contribution in [3.63, 3.8) is 0 Å². The monoisotopic (exact) mass is 375 g/mol. The summed E-state index contributed by atoms with van der Waals surface area (Å²) in [5, 5.41) is 0. The predicted molar refractivity (Wildman–Crippen MR) is 99.7 cm³/mol. The number of nitrogens with zero attached hydrogens (tertiary/aromatic N) is 3. The third-order valence-corrected chi connectivity index (χ3v) is 6.42. The fourth-order valence-electron chi connectivity index (χ4n) is 3.18. The van der Waals surface area contributed by atoms with Crippen molar-refractivity contribution in [3.8, 4) is 5.88 Å². The molecule has 1 aliphatic heterocycles. The molecule has 140 valence electrons. The van der Waals surface area contributed by atoms with E-state index in [0.717, 1.165) is 30.5 Å². The van der Waals surface area contributed by atoms with Gasteiger partial charge in [0, 0.05) is 18.3 Å². The second-order valence-corrected chi connectivity index (χ2v) is 8.58. The highest BCUT2D eigenvalue weighted by atomic mass is 32.2. The van der Waals surface area contributed by atoms with E-state index in [9.17, 15) is 8.42 Å². The van der Waals surface area contributed by atoms with Gasteiger partial charge in [0.2, 0.25) is 15.9 Å². The van der Waals surface area contributed by atoms with Crippen molar-refractivity contribution in [3.05, 3.63) is 47.4 Å². The Morgan fingerprint density at radius 3 is 2.58 bits per heavy atom. The first-order chi connectivity index (χ1) is 12.4. The molecule has 0 bridgehead atoms. The number of aryl methyl sites for hydroxylation is 3. The molecule has 6 nitrogen and oxygen atoms in total. The van der Waals surface area contributed by atoms with E-state index in [-0.39, 0.29) is 6.10 Å². The zero-order chi connectivity index (χ0) is 18.7. The summed E-state index contributed by atoms with van der Waals surface area (Å²) in [6.45, 7) is 6.60. The van der Waals surface area contributed by atoms with Gasteiger partial charge >= 0.3 is 0 Å². The van der Waals surface area contributed by atoms with Gasteiger partial charge in [-0.2, -0.15) is 9.29 Å². The molecule has 0 aliphatic carbocycles. The van der Waals surface area contributed by atoms with Crippen LogP contribution in [0.1, 0.15) is 36.8 Å². The lowest BCUT2D eigenvalue weighted by atomic mass is 10.1. The molecule has 1 saturated heterocycles. The van der Waals surface area contributed by atoms with Crippen molar-refractivity contribution < 1.29 is 13.2 Å². The van der Waals surface area contributed by atoms with E-state index in [1.165, 1.54) is 4.31 Å². The SMILES string of the molecule is CCc1ccc(S(=O)(=O)N2CCCC(Oc3cc(C)nc(C)n3)C2)cc1. The molecule has 1 aromatic carbocycles. The van der Waals surface area contributed by atoms with Gasteiger partial charge in [0.1, 0.15) is 11.9 Å². The predicted octanol–water partition coefficient (Wildman–Crippen LogP) is 2.89. The van der Waals surface area contributed by atoms with E-state index in [4.69, 9.17) is 4.74 Å². The molecule has 2 heterocycles. The average molecular weight is 375 g/mol. The molecule has 7 heteroatoms. The van der Waals surface area contributed by atoms with E-state index in [2.05, 4.69) is 9.97 Å². The van der Waals surface area contributed by atoms with E-state index in [1.54, 1.807) is 18.2 Å². The molecule has 0 saturated carbocycles. The molecule has 3 rings (SSSR count). The molecule has 1 aromatic heterocycles. The van der Waals surface area contributed by atoms with Crippen LogP contribution in [0.2, 0.25) is 0 Å². The van der Waals surface area contributed by atoms with Crippen LogP contribution in [-0.4, -0.2) is 41.9 Å². The number of rotatable bonds is 5. The zero-order valence-electron chi connectivity index (χ0n) is 15.5. The smallest absolute Gasteiger partial charge is 0.243 e. The quantitative estimate of drug-likeness (QED) is 0.803. The van der Waals surface area contributed by atoms with Crippen molar-refractivity contribution in [2.75, 3.05) is 13.1 Å². The Morgan fingerprint density at radius 2 is 1.92 bits per heavy atom. The van der Waals surface area contributed by atoms with Gasteiger partial charge in [-0.15, -0.1) is 0 Å². The van der Waals surface area contributed by atoms with E-state index >= 15 is 0 Å². The Balaban J connectivity index is 1.74. The highest BCUT2D eigenvalue weighted by molar-refractivity contribution is 7.89. The zero-order valence-corrected chi connectivity index (χ0v) is 16.3. The van der Waals surface area contributed by atoms with Crippen LogP contribution in [0, 0.1) is 13.8 Å². The summed E-state index contributed by atoms with van der Waals surface area (Å²) in [6.07, 6.45) is 2.25. The van der Waals surface area contributed by atoms with Gasteiger partial charge in [0.05, 0.1) is 11.4 Å². The number of ether oxygens (including phenoxy) is 1. The van der Waals surface area contributed by atoms with Crippen molar-refractivity contribution >= 4 is 10.0 Å². The minimum atomic E-state index is -3.51. The van der Waals surface area contributed by atoms with Crippen LogP contribution in [-0.2, 0) is 16.4 Å². The lowest BCUT2D eigenvalue weighted by molar-refractivity contribution is 0.124. The molecule has 0 amide bonds. The Bertz CT molecular complexity index is 846. The third-order valence-electron chi connectivity index (χ3n) is 4.54. The maximum Gasteiger partial charge on any atom is 0.243 e. The number of aromatic nitrogens is 2. The van der Waals surface area contributed by atoms with Gasteiger partial charge in [-0.3, -0.25) is 0 Å². The van der Waals surface area contributed by atoms with Crippen molar-refractivity contribution in [2.45, 2.75) is 51.0 Å². The number of piperidine rings is 1. The van der Waals surface area contributed by atoms with Crippen molar-refractivity contribution in [1.82, 2.24) is 14.3 Å². The minimum absolute atomic E-state index is 0.206. The molecule has 1 unspecified atom stereocenters. The highest BCUT2D eigenvalue weighted by Gasteiger charge is 2.31. The Hall–Kier alpha value is -1.99. The summed E-state index contributed by atoms with van der Waals surface area (Å²) in [4.78, 5) is 8.87. The molecule has 1 atom stereocenters. The molecule has 1 fully saturated rings. The summed E-state index contributed by atoms with van der Waals surface area (Å²) in [5.74, 6) is 1.16. The fourth-order valence-corrected chi connectivity index (χ4v) is 4.69. The highest BCUT2D eigenvalue weighted by Crippen LogP contribution is 2.23. The standard InChI is InChI=1S/C19H25N3O3S/c1-4-16-7-9-18(10-8-16)26(23,24)22-11-5-6-17(13-22)25-19-12-14(2)20-15(3)21-19/h7-10,12,17H,4-6,11,13H2,1-3H3. The molecule has 0 N–H and O–H groups in total. The molecule has 26 heavy (non-hydrogen) atoms. The van der Waals surface area contributed by atoms with E-state index in [0.29, 0.717) is 29.7 Å². The Kier molecular flexibility index (Phi) is 5.58. The first kappa shape index (κ1) is 18.8. The van der Waals surface area contributed by atoms with Crippen LogP contribution in [0.5, 0.6) is 5.88 Å². The lowest BCUT2D eigenvalue weighted by Crippen LogP contribution is -2.44. The molecular formula is C19H25N3O3S. The second kappa shape index (κ2) is 7.72. The van der Waals surface area contributed by atoms with E-state index in [1.807, 2.05) is 32.9 Å².